The maximum atomic E-state index is 10.4. The van der Waals surface area contributed by atoms with Crippen LogP contribution in [0.25, 0.3) is 0 Å². The summed E-state index contributed by atoms with van der Waals surface area (Å²) in [5.41, 5.74) is 3.51. The lowest BCUT2D eigenvalue weighted by atomic mass is 9.86. The summed E-state index contributed by atoms with van der Waals surface area (Å²) in [5, 5.41) is 20.8. The predicted octanol–water partition coefficient (Wildman–Crippen LogP) is 4.20. The van der Waals surface area contributed by atoms with Crippen LogP contribution in [0.5, 0.6) is 5.75 Å². The molecule has 2 N–H and O–H groups in total. The Labute approximate surface area is 141 Å². The molecule has 0 fully saturated rings. The maximum Gasteiger partial charge on any atom is 0.192 e. The zero-order valence-electron chi connectivity index (χ0n) is 15.3. The Bertz CT molecular complexity index is 546. The first-order valence-electron chi connectivity index (χ1n) is 8.76. The van der Waals surface area contributed by atoms with Crippen LogP contribution < -0.4 is 0 Å². The largest absolute Gasteiger partial charge is 0.508 e. The number of aliphatic hydroxyl groups excluding tert-OH is 1. The summed E-state index contributed by atoms with van der Waals surface area (Å²) in [5.74, 6) is 0.317. The van der Waals surface area contributed by atoms with Gasteiger partial charge in [0.05, 0.1) is 12.7 Å². The lowest BCUT2D eigenvalue weighted by Crippen LogP contribution is -2.42. The zero-order valence-corrected chi connectivity index (χ0v) is 16.3. The van der Waals surface area contributed by atoms with E-state index in [9.17, 15) is 10.2 Å². The van der Waals surface area contributed by atoms with Gasteiger partial charge in [-0.25, -0.2) is 0 Å². The Balaban J connectivity index is 2.05. The van der Waals surface area contributed by atoms with Crippen LogP contribution in [-0.2, 0) is 23.7 Å². The molecule has 1 aromatic rings. The number of rotatable bonds is 5. The highest BCUT2D eigenvalue weighted by atomic mass is 28.4. The van der Waals surface area contributed by atoms with Gasteiger partial charge in [-0.05, 0) is 66.6 Å². The van der Waals surface area contributed by atoms with Crippen LogP contribution in [0.1, 0.15) is 50.3 Å². The second kappa shape index (κ2) is 6.95. The van der Waals surface area contributed by atoms with Gasteiger partial charge in [0, 0.05) is 6.42 Å². The van der Waals surface area contributed by atoms with E-state index in [0.29, 0.717) is 18.8 Å². The van der Waals surface area contributed by atoms with Gasteiger partial charge in [-0.1, -0.05) is 26.8 Å². The molecule has 4 heteroatoms. The average molecular weight is 337 g/mol. The summed E-state index contributed by atoms with van der Waals surface area (Å²) in [4.78, 5) is 0. The number of fused-ring (bicyclic) bond motifs is 1. The van der Waals surface area contributed by atoms with Crippen LogP contribution in [0.3, 0.4) is 0 Å². The fraction of sp³-hybridized carbons (Fsp3) is 0.684. The minimum atomic E-state index is -1.85. The summed E-state index contributed by atoms with van der Waals surface area (Å²) in [7, 11) is -1.85. The van der Waals surface area contributed by atoms with Crippen LogP contribution in [0.4, 0.5) is 0 Å². The minimum absolute atomic E-state index is 0.140. The zero-order chi connectivity index (χ0) is 17.3. The molecule has 0 aliphatic heterocycles. The molecule has 1 aromatic carbocycles. The van der Waals surface area contributed by atoms with Gasteiger partial charge in [0.2, 0.25) is 0 Å². The van der Waals surface area contributed by atoms with E-state index in [2.05, 4.69) is 33.9 Å². The summed E-state index contributed by atoms with van der Waals surface area (Å²) < 4.78 is 6.12. The van der Waals surface area contributed by atoms with Crippen molar-refractivity contribution in [2.45, 2.75) is 77.1 Å². The van der Waals surface area contributed by atoms with Crippen LogP contribution in [0, 0.1) is 0 Å². The number of aliphatic hydroxyl groups is 1. The lowest BCUT2D eigenvalue weighted by molar-refractivity contribution is 0.0993. The van der Waals surface area contributed by atoms with Crippen molar-refractivity contribution < 1.29 is 14.6 Å². The normalized spacial score (nSPS) is 17.0. The van der Waals surface area contributed by atoms with E-state index in [0.717, 1.165) is 18.4 Å². The minimum Gasteiger partial charge on any atom is -0.508 e. The standard InChI is InChI=1S/C19H32O3Si/c1-19(2,3)23(4,5)22-13-15(20)12-17-16-9-7-6-8-14(16)10-11-18(17)21/h10-11,15,20-21H,6-9,12-13H2,1-5H3. The second-order valence-corrected chi connectivity index (χ2v) is 13.1. The smallest absolute Gasteiger partial charge is 0.192 e. The Morgan fingerprint density at radius 1 is 1.17 bits per heavy atom. The van der Waals surface area contributed by atoms with Crippen molar-refractivity contribution >= 4 is 8.32 Å². The topological polar surface area (TPSA) is 49.7 Å². The number of phenolic OH excluding ortho intramolecular Hbond substituents is 1. The first-order chi connectivity index (χ1) is 10.6. The second-order valence-electron chi connectivity index (χ2n) is 8.34. The fourth-order valence-electron chi connectivity index (χ4n) is 2.94. The Morgan fingerprint density at radius 2 is 1.83 bits per heavy atom. The third-order valence-corrected chi connectivity index (χ3v) is 10.0. The van der Waals surface area contributed by atoms with Gasteiger partial charge in [-0.2, -0.15) is 0 Å². The summed E-state index contributed by atoms with van der Waals surface area (Å²) in [6.45, 7) is 11.3. The lowest BCUT2D eigenvalue weighted by Gasteiger charge is -2.36. The van der Waals surface area contributed by atoms with E-state index in [4.69, 9.17) is 4.43 Å². The third kappa shape index (κ3) is 4.37. The van der Waals surface area contributed by atoms with E-state index in [1.54, 1.807) is 6.07 Å². The highest BCUT2D eigenvalue weighted by Gasteiger charge is 2.37. The Kier molecular flexibility index (Phi) is 5.59. The van der Waals surface area contributed by atoms with E-state index in [1.165, 1.54) is 24.0 Å². The number of hydrogen-bond acceptors (Lipinski definition) is 3. The number of phenols is 1. The van der Waals surface area contributed by atoms with E-state index < -0.39 is 14.4 Å². The molecule has 3 nitrogen and oxygen atoms in total. The van der Waals surface area contributed by atoms with Gasteiger partial charge in [-0.15, -0.1) is 0 Å². The number of hydrogen-bond donors (Lipinski definition) is 2. The van der Waals surface area contributed by atoms with Gasteiger partial charge in [-0.3, -0.25) is 0 Å². The third-order valence-electron chi connectivity index (χ3n) is 5.51. The molecule has 1 aliphatic rings. The molecular weight excluding hydrogens is 304 g/mol. The molecule has 0 spiro atoms. The quantitative estimate of drug-likeness (QED) is 0.793. The monoisotopic (exact) mass is 336 g/mol. The van der Waals surface area contributed by atoms with Gasteiger partial charge in [0.15, 0.2) is 8.32 Å². The Morgan fingerprint density at radius 3 is 2.48 bits per heavy atom. The van der Waals surface area contributed by atoms with Crippen molar-refractivity contribution in [3.8, 4) is 5.75 Å². The van der Waals surface area contributed by atoms with Gasteiger partial charge in [0.25, 0.3) is 0 Å². The molecule has 1 atom stereocenters. The van der Waals surface area contributed by atoms with Crippen molar-refractivity contribution in [2.75, 3.05) is 6.61 Å². The van der Waals surface area contributed by atoms with Crippen molar-refractivity contribution in [2.24, 2.45) is 0 Å². The van der Waals surface area contributed by atoms with Gasteiger partial charge < -0.3 is 14.6 Å². The molecule has 0 radical (unpaired) electrons. The average Bonchev–Trinajstić information content (AvgIpc) is 2.47. The molecule has 0 saturated heterocycles. The number of aryl methyl sites for hydroxylation is 1. The van der Waals surface area contributed by atoms with E-state index in [1.807, 2.05) is 6.07 Å². The number of benzene rings is 1. The molecule has 0 amide bonds. The first-order valence-corrected chi connectivity index (χ1v) is 11.7. The van der Waals surface area contributed by atoms with Crippen LogP contribution in [0.15, 0.2) is 12.1 Å². The van der Waals surface area contributed by atoms with Crippen molar-refractivity contribution in [3.05, 3.63) is 28.8 Å². The molecule has 2 rings (SSSR count). The molecule has 1 unspecified atom stereocenters. The molecule has 0 heterocycles. The van der Waals surface area contributed by atoms with Crippen molar-refractivity contribution in [1.82, 2.24) is 0 Å². The van der Waals surface area contributed by atoms with Crippen molar-refractivity contribution in [3.63, 3.8) is 0 Å². The molecule has 23 heavy (non-hydrogen) atoms. The molecule has 0 bridgehead atoms. The van der Waals surface area contributed by atoms with Crippen LogP contribution in [-0.4, -0.2) is 31.2 Å². The van der Waals surface area contributed by atoms with Crippen LogP contribution in [0.2, 0.25) is 18.1 Å². The SMILES string of the molecule is CC(C)(C)[Si](C)(C)OCC(O)Cc1c(O)ccc2c1CCCC2. The summed E-state index contributed by atoms with van der Waals surface area (Å²) >= 11 is 0. The van der Waals surface area contributed by atoms with Crippen molar-refractivity contribution in [1.29, 1.82) is 0 Å². The van der Waals surface area contributed by atoms with E-state index in [-0.39, 0.29) is 5.04 Å². The summed E-state index contributed by atoms with van der Waals surface area (Å²) in [6, 6.07) is 3.81. The molecular formula is C19H32O3Si. The maximum absolute atomic E-state index is 10.4. The molecule has 130 valence electrons. The fourth-order valence-corrected chi connectivity index (χ4v) is 3.98. The van der Waals surface area contributed by atoms with Gasteiger partial charge in [0.1, 0.15) is 5.75 Å². The number of aromatic hydroxyl groups is 1. The molecule has 0 saturated carbocycles. The highest BCUT2D eigenvalue weighted by Crippen LogP contribution is 2.37. The molecule has 0 aromatic heterocycles. The highest BCUT2D eigenvalue weighted by molar-refractivity contribution is 6.74. The first kappa shape index (κ1) is 18.5. The predicted molar refractivity (Wildman–Crippen MR) is 97.6 cm³/mol. The van der Waals surface area contributed by atoms with E-state index >= 15 is 0 Å². The van der Waals surface area contributed by atoms with Gasteiger partial charge >= 0.3 is 0 Å². The Hall–Kier alpha value is -0.843. The van der Waals surface area contributed by atoms with Crippen LogP contribution >= 0.6 is 0 Å². The summed E-state index contributed by atoms with van der Waals surface area (Å²) in [6.07, 6.45) is 4.38. The molecule has 1 aliphatic carbocycles.